The number of ether oxygens (including phenoxy) is 1. The lowest BCUT2D eigenvalue weighted by molar-refractivity contribution is 0.0854. The molecule has 5 rings (SSSR count). The Hall–Kier alpha value is -3.12. The van der Waals surface area contributed by atoms with Crippen LogP contribution in [0.25, 0.3) is 0 Å². The topological polar surface area (TPSA) is 73.4 Å². The summed E-state index contributed by atoms with van der Waals surface area (Å²) in [4.78, 5) is 19.7. The van der Waals surface area contributed by atoms with Crippen molar-refractivity contribution in [2.24, 2.45) is 5.92 Å². The Bertz CT molecular complexity index is 1140. The normalized spacial score (nSPS) is 22.7. The van der Waals surface area contributed by atoms with Crippen LogP contribution in [0.15, 0.2) is 65.6 Å². The van der Waals surface area contributed by atoms with Crippen molar-refractivity contribution in [3.05, 3.63) is 88.0 Å². The smallest absolute Gasteiger partial charge is 0.251 e. The summed E-state index contributed by atoms with van der Waals surface area (Å²) in [5.74, 6) is 2.20. The van der Waals surface area contributed by atoms with Crippen molar-refractivity contribution in [2.45, 2.75) is 31.3 Å². The fourth-order valence-corrected chi connectivity index (χ4v) is 5.39. The van der Waals surface area contributed by atoms with Crippen LogP contribution < -0.4 is 16.0 Å². The number of methoxy groups -OCH3 is 1. The van der Waals surface area contributed by atoms with E-state index in [1.165, 1.54) is 5.56 Å². The van der Waals surface area contributed by atoms with Crippen molar-refractivity contribution in [2.75, 3.05) is 25.9 Å². The fourth-order valence-electron chi connectivity index (χ4n) is 5.39. The van der Waals surface area contributed by atoms with Gasteiger partial charge in [0.05, 0.1) is 7.11 Å². The van der Waals surface area contributed by atoms with Gasteiger partial charge in [-0.3, -0.25) is 9.69 Å². The quantitative estimate of drug-likeness (QED) is 0.691. The number of piperidine rings is 1. The molecule has 1 aromatic carbocycles. The number of rotatable bonds is 5. The van der Waals surface area contributed by atoms with E-state index in [4.69, 9.17) is 10.5 Å². The molecule has 2 bridgehead atoms. The fraction of sp³-hybridized carbons (Fsp3) is 0.360. The number of anilines is 1. The zero-order valence-electron chi connectivity index (χ0n) is 17.8. The molecule has 160 valence electrons. The monoisotopic (exact) mass is 416 g/mol. The van der Waals surface area contributed by atoms with Crippen molar-refractivity contribution in [1.82, 2.24) is 14.5 Å². The molecule has 2 aromatic heterocycles. The zero-order valence-corrected chi connectivity index (χ0v) is 17.8. The minimum Gasteiger partial charge on any atom is -0.497 e. The Balaban J connectivity index is 1.48. The van der Waals surface area contributed by atoms with Crippen LogP contribution in [0.2, 0.25) is 0 Å². The average molecular weight is 417 g/mol. The highest BCUT2D eigenvalue weighted by Gasteiger charge is 2.40. The minimum absolute atomic E-state index is 0.102. The van der Waals surface area contributed by atoms with Gasteiger partial charge in [-0.25, -0.2) is 4.98 Å². The van der Waals surface area contributed by atoms with E-state index in [-0.39, 0.29) is 11.6 Å². The third kappa shape index (κ3) is 3.83. The number of likely N-dealkylation sites (tertiary alicyclic amines) is 1. The number of hydrogen-bond acceptors (Lipinski definition) is 5. The first-order chi connectivity index (χ1) is 15.1. The molecule has 3 atom stereocenters. The Morgan fingerprint density at radius 3 is 2.84 bits per heavy atom. The number of hydrogen-bond donors (Lipinski definition) is 1. The summed E-state index contributed by atoms with van der Waals surface area (Å²) in [5, 5.41) is 0. The maximum absolute atomic E-state index is 12.9. The summed E-state index contributed by atoms with van der Waals surface area (Å²) in [6.45, 7) is 2.66. The Morgan fingerprint density at radius 1 is 1.13 bits per heavy atom. The molecular formula is C25H28N4O2. The van der Waals surface area contributed by atoms with E-state index in [2.05, 4.69) is 38.7 Å². The molecule has 31 heavy (non-hydrogen) atoms. The minimum atomic E-state index is 0.102. The molecule has 2 aliphatic heterocycles. The van der Waals surface area contributed by atoms with Crippen molar-refractivity contribution >= 4 is 5.82 Å². The molecule has 2 N–H and O–H groups in total. The lowest BCUT2D eigenvalue weighted by atomic mass is 9.76. The van der Waals surface area contributed by atoms with E-state index in [1.807, 2.05) is 24.3 Å². The van der Waals surface area contributed by atoms with E-state index >= 15 is 0 Å². The van der Waals surface area contributed by atoms with E-state index in [1.54, 1.807) is 19.4 Å². The van der Waals surface area contributed by atoms with Crippen molar-refractivity contribution < 1.29 is 4.74 Å². The molecule has 1 fully saturated rings. The van der Waals surface area contributed by atoms with Crippen LogP contribution in [0.4, 0.5) is 5.82 Å². The molecule has 0 radical (unpaired) electrons. The SMILES string of the molecule is COc1cccc(C[C@H]2[C@H]3C[C@H](CN(Cc4cccnc4N)C3)c3cccc(=O)n32)c1. The first kappa shape index (κ1) is 19.8. The van der Waals surface area contributed by atoms with E-state index in [0.717, 1.165) is 49.5 Å². The number of benzene rings is 1. The lowest BCUT2D eigenvalue weighted by Crippen LogP contribution is -2.49. The maximum atomic E-state index is 12.9. The highest BCUT2D eigenvalue weighted by molar-refractivity contribution is 5.38. The first-order valence-corrected chi connectivity index (χ1v) is 10.9. The van der Waals surface area contributed by atoms with Crippen LogP contribution in [-0.2, 0) is 13.0 Å². The van der Waals surface area contributed by atoms with Gasteiger partial charge in [0, 0.05) is 55.1 Å². The maximum Gasteiger partial charge on any atom is 0.251 e. The summed E-state index contributed by atoms with van der Waals surface area (Å²) in [5.41, 5.74) is 9.63. The van der Waals surface area contributed by atoms with Gasteiger partial charge in [-0.15, -0.1) is 0 Å². The summed E-state index contributed by atoms with van der Waals surface area (Å²) < 4.78 is 7.48. The molecule has 2 aliphatic rings. The molecule has 0 spiro atoms. The number of nitrogen functional groups attached to an aromatic ring is 1. The van der Waals surface area contributed by atoms with Gasteiger partial charge in [-0.05, 0) is 48.6 Å². The second kappa shape index (κ2) is 8.19. The van der Waals surface area contributed by atoms with Crippen LogP contribution in [0, 0.1) is 5.92 Å². The zero-order chi connectivity index (χ0) is 21.4. The van der Waals surface area contributed by atoms with Gasteiger partial charge in [0.25, 0.3) is 5.56 Å². The summed E-state index contributed by atoms with van der Waals surface area (Å²) in [7, 11) is 1.69. The number of pyridine rings is 2. The number of fused-ring (bicyclic) bond motifs is 4. The van der Waals surface area contributed by atoms with E-state index < -0.39 is 0 Å². The van der Waals surface area contributed by atoms with Gasteiger partial charge in [-0.2, -0.15) is 0 Å². The predicted molar refractivity (Wildman–Crippen MR) is 121 cm³/mol. The number of aromatic nitrogens is 2. The van der Waals surface area contributed by atoms with Crippen LogP contribution in [0.3, 0.4) is 0 Å². The van der Waals surface area contributed by atoms with Gasteiger partial charge in [0.15, 0.2) is 0 Å². The largest absolute Gasteiger partial charge is 0.497 e. The molecule has 1 saturated heterocycles. The molecule has 6 nitrogen and oxygen atoms in total. The van der Waals surface area contributed by atoms with Gasteiger partial charge < -0.3 is 15.0 Å². The molecular weight excluding hydrogens is 388 g/mol. The molecule has 0 saturated carbocycles. The van der Waals surface area contributed by atoms with Crippen LogP contribution in [-0.4, -0.2) is 34.7 Å². The van der Waals surface area contributed by atoms with Gasteiger partial charge in [0.2, 0.25) is 0 Å². The molecule has 3 aromatic rings. The summed E-state index contributed by atoms with van der Waals surface area (Å²) in [6.07, 6.45) is 3.65. The van der Waals surface area contributed by atoms with Crippen LogP contribution in [0.1, 0.15) is 35.2 Å². The lowest BCUT2D eigenvalue weighted by Gasteiger charge is -2.47. The predicted octanol–water partition coefficient (Wildman–Crippen LogP) is 3.24. The molecule has 6 heteroatoms. The molecule has 0 unspecified atom stereocenters. The summed E-state index contributed by atoms with van der Waals surface area (Å²) >= 11 is 0. The highest BCUT2D eigenvalue weighted by Crippen LogP contribution is 2.43. The Kier molecular flexibility index (Phi) is 5.24. The molecule has 0 aliphatic carbocycles. The van der Waals surface area contributed by atoms with Crippen molar-refractivity contribution in [1.29, 1.82) is 0 Å². The van der Waals surface area contributed by atoms with Gasteiger partial charge in [-0.1, -0.05) is 24.3 Å². The van der Waals surface area contributed by atoms with Gasteiger partial charge >= 0.3 is 0 Å². The Labute approximate surface area is 182 Å². The average Bonchev–Trinajstić information content (AvgIpc) is 2.78. The van der Waals surface area contributed by atoms with Gasteiger partial charge in [0.1, 0.15) is 11.6 Å². The van der Waals surface area contributed by atoms with Crippen molar-refractivity contribution in [3.8, 4) is 5.75 Å². The Morgan fingerprint density at radius 2 is 2.00 bits per heavy atom. The second-order valence-electron chi connectivity index (χ2n) is 8.72. The summed E-state index contributed by atoms with van der Waals surface area (Å²) in [6, 6.07) is 18.0. The molecule has 4 heterocycles. The first-order valence-electron chi connectivity index (χ1n) is 10.9. The van der Waals surface area contributed by atoms with Crippen LogP contribution in [0.5, 0.6) is 5.75 Å². The second-order valence-corrected chi connectivity index (χ2v) is 8.72. The van der Waals surface area contributed by atoms with Crippen molar-refractivity contribution in [3.63, 3.8) is 0 Å². The van der Waals surface area contributed by atoms with E-state index in [9.17, 15) is 4.79 Å². The van der Waals surface area contributed by atoms with Crippen LogP contribution >= 0.6 is 0 Å². The standard InChI is InChI=1S/C25H28N4O2/c1-31-21-7-2-5-17(11-21)12-23-20-13-19(22-8-3-9-24(30)29(22)23)15-28(16-20)14-18-6-4-10-27-25(18)26/h2-11,19-20,23H,12-16H2,1H3,(H2,26,27)/t19-,20+,23+/m1/s1. The molecule has 0 amide bonds. The highest BCUT2D eigenvalue weighted by atomic mass is 16.5. The van der Waals surface area contributed by atoms with E-state index in [0.29, 0.717) is 17.7 Å². The third-order valence-electron chi connectivity index (χ3n) is 6.77. The number of nitrogens with two attached hydrogens (primary N) is 1. The third-order valence-corrected chi connectivity index (χ3v) is 6.77. The number of nitrogens with zero attached hydrogens (tertiary/aromatic N) is 3.